The lowest BCUT2D eigenvalue weighted by molar-refractivity contribution is -0.138. The molecule has 0 amide bonds. The smallest absolute Gasteiger partial charge is 0.170 e. The number of Topliss-reactive ketones (excluding diaryl/α,β-unsaturated/α-hetero) is 1. The molecule has 17 heavy (non-hydrogen) atoms. The lowest BCUT2D eigenvalue weighted by Crippen LogP contribution is -2.39. The maximum absolute atomic E-state index is 12.2. The van der Waals surface area contributed by atoms with Gasteiger partial charge >= 0.3 is 0 Å². The molecule has 3 nitrogen and oxygen atoms in total. The van der Waals surface area contributed by atoms with Crippen molar-refractivity contribution in [2.45, 2.75) is 57.5 Å². The second kappa shape index (κ2) is 5.27. The van der Waals surface area contributed by atoms with Crippen LogP contribution in [0.15, 0.2) is 5.38 Å². The van der Waals surface area contributed by atoms with Crippen molar-refractivity contribution in [1.29, 1.82) is 0 Å². The molecule has 0 atom stereocenters. The molecule has 0 unspecified atom stereocenters. The lowest BCUT2D eigenvalue weighted by Gasteiger charge is -2.24. The zero-order valence-electron chi connectivity index (χ0n) is 10.2. The third-order valence-corrected chi connectivity index (χ3v) is 4.28. The van der Waals surface area contributed by atoms with Crippen LogP contribution in [0.5, 0.6) is 0 Å². The highest BCUT2D eigenvalue weighted by atomic mass is 32.1. The van der Waals surface area contributed by atoms with Crippen molar-refractivity contribution in [3.8, 4) is 0 Å². The Morgan fingerprint density at radius 1 is 1.41 bits per heavy atom. The van der Waals surface area contributed by atoms with Crippen molar-refractivity contribution >= 4 is 17.1 Å². The molecule has 1 aliphatic rings. The summed E-state index contributed by atoms with van der Waals surface area (Å²) in [7, 11) is 0. The Balaban J connectivity index is 2.02. The molecule has 94 valence electrons. The van der Waals surface area contributed by atoms with Gasteiger partial charge in [0.15, 0.2) is 5.78 Å². The number of hydrogen-bond donors (Lipinski definition) is 1. The van der Waals surface area contributed by atoms with Gasteiger partial charge in [-0.15, -0.1) is 11.3 Å². The highest BCUT2D eigenvalue weighted by Crippen LogP contribution is 2.29. The van der Waals surface area contributed by atoms with Gasteiger partial charge in [0, 0.05) is 5.38 Å². The molecule has 1 fully saturated rings. The standard InChI is InChI=1S/C13H19NO2S/c1-10-14-11(9-17-10)8-12(15)13(16)6-4-2-3-5-7-13/h9,16H,2-8H2,1H3. The summed E-state index contributed by atoms with van der Waals surface area (Å²) < 4.78 is 0. The van der Waals surface area contributed by atoms with E-state index in [4.69, 9.17) is 0 Å². The molecule has 1 heterocycles. The average Bonchev–Trinajstić information content (AvgIpc) is 2.56. The average molecular weight is 253 g/mol. The van der Waals surface area contributed by atoms with E-state index in [0.717, 1.165) is 36.4 Å². The second-order valence-corrected chi connectivity index (χ2v) is 5.97. The first-order valence-electron chi connectivity index (χ1n) is 6.27. The molecule has 0 aromatic carbocycles. The fraction of sp³-hybridized carbons (Fsp3) is 0.692. The summed E-state index contributed by atoms with van der Waals surface area (Å²) in [6.45, 7) is 1.93. The number of nitrogens with zero attached hydrogens (tertiary/aromatic N) is 1. The summed E-state index contributed by atoms with van der Waals surface area (Å²) in [6.07, 6.45) is 5.69. The number of hydrogen-bond acceptors (Lipinski definition) is 4. The fourth-order valence-electron chi connectivity index (χ4n) is 2.41. The SMILES string of the molecule is Cc1nc(CC(=O)C2(O)CCCCCC2)cs1. The van der Waals surface area contributed by atoms with Crippen molar-refractivity contribution < 1.29 is 9.90 Å². The molecule has 0 saturated heterocycles. The molecule has 1 saturated carbocycles. The van der Waals surface area contributed by atoms with Gasteiger partial charge in [-0.25, -0.2) is 4.98 Å². The maximum Gasteiger partial charge on any atom is 0.170 e. The van der Waals surface area contributed by atoms with Crippen LogP contribution >= 0.6 is 11.3 Å². The number of aliphatic hydroxyl groups is 1. The Kier molecular flexibility index (Phi) is 3.94. The minimum atomic E-state index is -1.09. The quantitative estimate of drug-likeness (QED) is 0.842. The van der Waals surface area contributed by atoms with Gasteiger partial charge in [0.1, 0.15) is 5.60 Å². The highest BCUT2D eigenvalue weighted by molar-refractivity contribution is 7.09. The largest absolute Gasteiger partial charge is 0.382 e. The van der Waals surface area contributed by atoms with E-state index in [1.54, 1.807) is 11.3 Å². The van der Waals surface area contributed by atoms with E-state index in [2.05, 4.69) is 4.98 Å². The molecule has 1 N–H and O–H groups in total. The molecule has 0 aliphatic heterocycles. The molecule has 1 aliphatic carbocycles. The number of aromatic nitrogens is 1. The Labute approximate surface area is 106 Å². The minimum Gasteiger partial charge on any atom is -0.382 e. The molecule has 0 bridgehead atoms. The van der Waals surface area contributed by atoms with Gasteiger partial charge in [0.25, 0.3) is 0 Å². The molecular weight excluding hydrogens is 234 g/mol. The monoisotopic (exact) mass is 253 g/mol. The Bertz CT molecular complexity index is 392. The third kappa shape index (κ3) is 3.13. The van der Waals surface area contributed by atoms with Crippen LogP contribution in [-0.2, 0) is 11.2 Å². The van der Waals surface area contributed by atoms with Crippen molar-refractivity contribution in [3.63, 3.8) is 0 Å². The predicted molar refractivity (Wildman–Crippen MR) is 68.2 cm³/mol. The van der Waals surface area contributed by atoms with Crippen LogP contribution in [0.4, 0.5) is 0 Å². The molecule has 1 aromatic rings. The van der Waals surface area contributed by atoms with Crippen LogP contribution in [-0.4, -0.2) is 21.5 Å². The van der Waals surface area contributed by atoms with Crippen LogP contribution in [0.1, 0.15) is 49.2 Å². The van der Waals surface area contributed by atoms with Gasteiger partial charge in [-0.1, -0.05) is 25.7 Å². The molecule has 1 aromatic heterocycles. The summed E-state index contributed by atoms with van der Waals surface area (Å²) in [5.74, 6) is -0.0512. The van der Waals surface area contributed by atoms with Gasteiger partial charge in [0.05, 0.1) is 17.1 Å². The molecule has 0 spiro atoms. The number of aryl methyl sites for hydroxylation is 1. The number of thiazole rings is 1. The van der Waals surface area contributed by atoms with Gasteiger partial charge in [-0.05, 0) is 19.8 Å². The van der Waals surface area contributed by atoms with E-state index in [1.807, 2.05) is 12.3 Å². The molecule has 0 radical (unpaired) electrons. The number of carbonyl (C=O) groups excluding carboxylic acids is 1. The van der Waals surface area contributed by atoms with Crippen molar-refractivity contribution in [2.24, 2.45) is 0 Å². The zero-order chi connectivity index (χ0) is 12.3. The van der Waals surface area contributed by atoms with E-state index in [1.165, 1.54) is 0 Å². The summed E-state index contributed by atoms with van der Waals surface area (Å²) >= 11 is 1.55. The Morgan fingerprint density at radius 2 is 2.06 bits per heavy atom. The van der Waals surface area contributed by atoms with Crippen molar-refractivity contribution in [1.82, 2.24) is 4.98 Å². The topological polar surface area (TPSA) is 50.2 Å². The van der Waals surface area contributed by atoms with E-state index in [-0.39, 0.29) is 12.2 Å². The van der Waals surface area contributed by atoms with Gasteiger partial charge < -0.3 is 5.11 Å². The van der Waals surface area contributed by atoms with E-state index >= 15 is 0 Å². The minimum absolute atomic E-state index is 0.0512. The Morgan fingerprint density at radius 3 is 2.59 bits per heavy atom. The summed E-state index contributed by atoms with van der Waals surface area (Å²) in [6, 6.07) is 0. The first-order valence-corrected chi connectivity index (χ1v) is 7.15. The molecule has 4 heteroatoms. The van der Waals surface area contributed by atoms with E-state index in [0.29, 0.717) is 12.8 Å². The van der Waals surface area contributed by atoms with Crippen molar-refractivity contribution in [2.75, 3.05) is 0 Å². The second-order valence-electron chi connectivity index (χ2n) is 4.90. The Hall–Kier alpha value is -0.740. The first-order chi connectivity index (χ1) is 8.10. The first kappa shape index (κ1) is 12.7. The highest BCUT2D eigenvalue weighted by Gasteiger charge is 2.35. The number of rotatable bonds is 3. The predicted octanol–water partition coefficient (Wildman–Crippen LogP) is 2.65. The molecule has 2 rings (SSSR count). The van der Waals surface area contributed by atoms with Crippen LogP contribution in [0.3, 0.4) is 0 Å². The van der Waals surface area contributed by atoms with Gasteiger partial charge in [0.2, 0.25) is 0 Å². The summed E-state index contributed by atoms with van der Waals surface area (Å²) in [4.78, 5) is 16.5. The van der Waals surface area contributed by atoms with Crippen LogP contribution in [0.2, 0.25) is 0 Å². The zero-order valence-corrected chi connectivity index (χ0v) is 11.1. The fourth-order valence-corrected chi connectivity index (χ4v) is 3.02. The van der Waals surface area contributed by atoms with Crippen LogP contribution in [0, 0.1) is 6.92 Å². The maximum atomic E-state index is 12.2. The van der Waals surface area contributed by atoms with Crippen LogP contribution < -0.4 is 0 Å². The summed E-state index contributed by atoms with van der Waals surface area (Å²) in [5.41, 5.74) is -0.288. The summed E-state index contributed by atoms with van der Waals surface area (Å²) in [5, 5.41) is 13.3. The van der Waals surface area contributed by atoms with Crippen molar-refractivity contribution in [3.05, 3.63) is 16.1 Å². The van der Waals surface area contributed by atoms with Crippen LogP contribution in [0.25, 0.3) is 0 Å². The van der Waals surface area contributed by atoms with E-state index < -0.39 is 5.60 Å². The lowest BCUT2D eigenvalue weighted by atomic mass is 9.88. The van der Waals surface area contributed by atoms with E-state index in [9.17, 15) is 9.90 Å². The number of carbonyl (C=O) groups is 1. The molecular formula is C13H19NO2S. The third-order valence-electron chi connectivity index (χ3n) is 3.46. The number of ketones is 1. The van der Waals surface area contributed by atoms with Gasteiger partial charge in [-0.3, -0.25) is 4.79 Å². The normalized spacial score (nSPS) is 19.9. The van der Waals surface area contributed by atoms with Gasteiger partial charge in [-0.2, -0.15) is 0 Å².